The second-order valence-corrected chi connectivity index (χ2v) is 23.0. The van der Waals surface area contributed by atoms with Crippen LogP contribution in [0.5, 0.6) is 0 Å². The van der Waals surface area contributed by atoms with E-state index in [4.69, 9.17) is 22.9 Å². The van der Waals surface area contributed by atoms with E-state index in [0.717, 1.165) is 37.7 Å². The summed E-state index contributed by atoms with van der Waals surface area (Å²) >= 11 is 0. The first kappa shape index (κ1) is 71.8. The first-order valence-corrected chi connectivity index (χ1v) is 29.3. The van der Waals surface area contributed by atoms with Crippen molar-refractivity contribution < 1.29 is 53.1 Å². The summed E-state index contributed by atoms with van der Waals surface area (Å²) in [6.45, 7) is 16.4. The van der Waals surface area contributed by atoms with Gasteiger partial charge in [-0.2, -0.15) is 0 Å². The van der Waals surface area contributed by atoms with Crippen molar-refractivity contribution in [1.82, 2.24) is 21.3 Å². The van der Waals surface area contributed by atoms with Crippen LogP contribution in [0.2, 0.25) is 0 Å². The summed E-state index contributed by atoms with van der Waals surface area (Å²) in [5.41, 5.74) is 24.0. The molecule has 13 N–H and O–H groups in total. The lowest BCUT2D eigenvalue weighted by Gasteiger charge is -2.28. The molecule has 19 nitrogen and oxygen atoms in total. The predicted octanol–water partition coefficient (Wildman–Crippen LogP) is 4.72. The molecule has 5 amide bonds. The summed E-state index contributed by atoms with van der Waals surface area (Å²) in [6.07, 6.45) is 5.37. The van der Waals surface area contributed by atoms with Gasteiger partial charge in [0.15, 0.2) is 23.1 Å². The number of ketones is 5. The van der Waals surface area contributed by atoms with Crippen molar-refractivity contribution in [1.29, 1.82) is 0 Å². The Balaban J connectivity index is 3.46. The smallest absolute Gasteiger partial charge is 0.224 e. The quantitative estimate of drug-likeness (QED) is 0.0399. The number of nitrogens with one attached hydrogen (secondary N) is 4. The standard InChI is InChI=1S/C60H102N8O11/c1-10-12-13-14-18-21-46(70)31-42(22-25-61)58(77)68-55(40(9)11-2)54(74)32-43(23-26-62)57(76)66-50(30-41-19-16-15-17-20-41)51(71)33-44(28-37(3)4)59(78)65-48(24-27-63)53(73)35-47(39(7)8)60(79)67-49(29-38(5)6)52(72)34-45(36-69)56(64)75/h15-17,19-20,37-40,42-45,47-50,55,69H,10-14,18,21-36,61-63H2,1-9H3,(H2,64,75)(H,65,78)(H,66,76)(H,67,79)(H,68,77)/t40-,42+,43+,44+,45-,47+,48-,49-,50+,55-/m0/s1. The van der Waals surface area contributed by atoms with Crippen molar-refractivity contribution in [2.75, 3.05) is 26.2 Å². The molecule has 0 saturated carbocycles. The average Bonchev–Trinajstić information content (AvgIpc) is 3.39. The fraction of sp³-hybridized carbons (Fsp3) is 0.733. The lowest BCUT2D eigenvalue weighted by molar-refractivity contribution is -0.137. The number of carbonyl (C=O) groups is 10. The zero-order valence-electron chi connectivity index (χ0n) is 49.3. The van der Waals surface area contributed by atoms with E-state index in [-0.39, 0.29) is 114 Å². The summed E-state index contributed by atoms with van der Waals surface area (Å²) < 4.78 is 0. The molecule has 1 rings (SSSR count). The maximum Gasteiger partial charge on any atom is 0.224 e. The SMILES string of the molecule is CCCCCCCC(=O)C[C@@H](CCN)C(=O)N[C@H](C(=O)C[C@@H](CCN)C(=O)N[C@H](Cc1ccccc1)C(=O)C[C@@H](CC(C)C)C(=O)N[C@@H](CCN)C(=O)C[C@@H](C(=O)N[C@@H](CC(C)C)C(=O)C[C@@H](CO)C(N)=O)C(C)C)[C@@H](C)CC. The van der Waals surface area contributed by atoms with Crippen molar-refractivity contribution in [3.8, 4) is 0 Å². The van der Waals surface area contributed by atoms with E-state index in [2.05, 4.69) is 28.2 Å². The molecule has 0 spiro atoms. The van der Waals surface area contributed by atoms with E-state index >= 15 is 0 Å². The first-order valence-electron chi connectivity index (χ1n) is 29.3. The molecule has 1 aromatic carbocycles. The normalized spacial score (nSPS) is 15.4. The second kappa shape index (κ2) is 39.2. The Bertz CT molecular complexity index is 2070. The van der Waals surface area contributed by atoms with Crippen LogP contribution in [0.3, 0.4) is 0 Å². The summed E-state index contributed by atoms with van der Waals surface area (Å²) in [5, 5.41) is 21.1. The number of benzene rings is 1. The van der Waals surface area contributed by atoms with Crippen molar-refractivity contribution in [3.05, 3.63) is 35.9 Å². The van der Waals surface area contributed by atoms with E-state index in [1.165, 1.54) is 0 Å². The van der Waals surface area contributed by atoms with Crippen LogP contribution < -0.4 is 44.2 Å². The van der Waals surface area contributed by atoms with Gasteiger partial charge in [-0.05, 0) is 93.8 Å². The molecule has 19 heteroatoms. The number of rotatable bonds is 45. The molecule has 79 heavy (non-hydrogen) atoms. The molecule has 0 aliphatic carbocycles. The number of aliphatic hydroxyl groups excluding tert-OH is 1. The fourth-order valence-corrected chi connectivity index (χ4v) is 9.82. The van der Waals surface area contributed by atoms with Gasteiger partial charge in [0.2, 0.25) is 29.5 Å². The number of nitrogens with two attached hydrogens (primary N) is 4. The molecule has 0 saturated heterocycles. The second-order valence-electron chi connectivity index (χ2n) is 23.0. The Kier molecular flexibility index (Phi) is 35.6. The molecule has 0 aliphatic heterocycles. The summed E-state index contributed by atoms with van der Waals surface area (Å²) in [6, 6.07) is 4.72. The zero-order valence-corrected chi connectivity index (χ0v) is 49.3. The van der Waals surface area contributed by atoms with E-state index in [1.54, 1.807) is 38.1 Å². The largest absolute Gasteiger partial charge is 0.396 e. The van der Waals surface area contributed by atoms with Crippen LogP contribution in [0.25, 0.3) is 0 Å². The van der Waals surface area contributed by atoms with Gasteiger partial charge in [-0.1, -0.05) is 125 Å². The van der Waals surface area contributed by atoms with Gasteiger partial charge >= 0.3 is 0 Å². The van der Waals surface area contributed by atoms with Crippen LogP contribution in [0, 0.1) is 53.3 Å². The lowest BCUT2D eigenvalue weighted by Crippen LogP contribution is -2.51. The number of aliphatic hydroxyl groups is 1. The van der Waals surface area contributed by atoms with E-state index in [1.807, 2.05) is 47.6 Å². The molecule has 0 unspecified atom stereocenters. The highest BCUT2D eigenvalue weighted by atomic mass is 16.3. The minimum absolute atomic E-state index is 0.00287. The topological polar surface area (TPSA) is 343 Å². The number of hydrogen-bond acceptors (Lipinski definition) is 14. The van der Waals surface area contributed by atoms with E-state index in [0.29, 0.717) is 12.8 Å². The Morgan fingerprint density at radius 3 is 1.54 bits per heavy atom. The number of amides is 5. The number of primary amides is 1. The van der Waals surface area contributed by atoms with E-state index in [9.17, 15) is 53.1 Å². The molecule has 0 bridgehead atoms. The van der Waals surface area contributed by atoms with Gasteiger partial charge in [-0.15, -0.1) is 0 Å². The molecule has 448 valence electrons. The number of unbranched alkanes of at least 4 members (excludes halogenated alkanes) is 4. The van der Waals surface area contributed by atoms with Crippen LogP contribution in [-0.2, 0) is 54.4 Å². The van der Waals surface area contributed by atoms with Crippen molar-refractivity contribution >= 4 is 58.5 Å². The molecule has 0 heterocycles. The van der Waals surface area contributed by atoms with Gasteiger partial charge in [-0.3, -0.25) is 47.9 Å². The van der Waals surface area contributed by atoms with Crippen LogP contribution >= 0.6 is 0 Å². The number of carbonyl (C=O) groups excluding carboxylic acids is 10. The van der Waals surface area contributed by atoms with Gasteiger partial charge in [0.25, 0.3) is 0 Å². The van der Waals surface area contributed by atoms with Crippen molar-refractivity contribution in [3.63, 3.8) is 0 Å². The maximum absolute atomic E-state index is 14.6. The van der Waals surface area contributed by atoms with Gasteiger partial charge in [-0.25, -0.2) is 0 Å². The summed E-state index contributed by atoms with van der Waals surface area (Å²) in [5.74, 6) is -10.5. The number of hydrogen-bond donors (Lipinski definition) is 9. The average molecular weight is 1110 g/mol. The Hall–Kier alpha value is -5.24. The third-order valence-corrected chi connectivity index (χ3v) is 14.9. The summed E-state index contributed by atoms with van der Waals surface area (Å²) in [7, 11) is 0. The molecular formula is C60H102N8O11. The third kappa shape index (κ3) is 27.7. The highest BCUT2D eigenvalue weighted by Gasteiger charge is 2.37. The molecule has 0 fully saturated rings. The Morgan fingerprint density at radius 1 is 0.519 bits per heavy atom. The van der Waals surface area contributed by atoms with Gasteiger partial charge in [0.1, 0.15) is 5.78 Å². The molecule has 0 aromatic heterocycles. The molecule has 1 aromatic rings. The maximum atomic E-state index is 14.6. The number of Topliss-reactive ketones (excluding diaryl/α,β-unsaturated/α-hetero) is 5. The first-order chi connectivity index (χ1) is 37.4. The van der Waals surface area contributed by atoms with Gasteiger partial charge < -0.3 is 49.3 Å². The van der Waals surface area contributed by atoms with Crippen LogP contribution in [-0.4, -0.2) is 114 Å². The van der Waals surface area contributed by atoms with E-state index < -0.39 is 119 Å². The minimum Gasteiger partial charge on any atom is -0.396 e. The molecule has 10 atom stereocenters. The lowest BCUT2D eigenvalue weighted by atomic mass is 9.85. The molecule has 0 radical (unpaired) electrons. The Labute approximate surface area is 471 Å². The summed E-state index contributed by atoms with van der Waals surface area (Å²) in [4.78, 5) is 138. The van der Waals surface area contributed by atoms with Gasteiger partial charge in [0, 0.05) is 62.2 Å². The van der Waals surface area contributed by atoms with Crippen molar-refractivity contribution in [2.45, 2.75) is 202 Å². The highest BCUT2D eigenvalue weighted by molar-refractivity contribution is 5.98. The third-order valence-electron chi connectivity index (χ3n) is 14.9. The van der Waals surface area contributed by atoms with Gasteiger partial charge in [0.05, 0.1) is 36.7 Å². The monoisotopic (exact) mass is 1110 g/mol. The molecule has 0 aliphatic rings. The fourth-order valence-electron chi connectivity index (χ4n) is 9.82. The predicted molar refractivity (Wildman–Crippen MR) is 307 cm³/mol. The van der Waals surface area contributed by atoms with Crippen molar-refractivity contribution in [2.24, 2.45) is 76.2 Å². The van der Waals surface area contributed by atoms with Crippen LogP contribution in [0.1, 0.15) is 177 Å². The van der Waals surface area contributed by atoms with Crippen LogP contribution in [0.15, 0.2) is 30.3 Å². The zero-order chi connectivity index (χ0) is 59.8. The minimum atomic E-state index is -1.15. The van der Waals surface area contributed by atoms with Crippen LogP contribution in [0.4, 0.5) is 0 Å². The highest BCUT2D eigenvalue weighted by Crippen LogP contribution is 2.24. The molecular weight excluding hydrogens is 1010 g/mol. The Morgan fingerprint density at radius 2 is 1.01 bits per heavy atom.